The van der Waals surface area contributed by atoms with Gasteiger partial charge in [0.25, 0.3) is 11.8 Å². The molecule has 1 aliphatic heterocycles. The van der Waals surface area contributed by atoms with Gasteiger partial charge in [0, 0.05) is 0 Å². The zero-order valence-electron chi connectivity index (χ0n) is 13.3. The fourth-order valence-electron chi connectivity index (χ4n) is 2.68. The Labute approximate surface area is 142 Å². The van der Waals surface area contributed by atoms with Gasteiger partial charge in [0.05, 0.1) is 17.2 Å². The predicted molar refractivity (Wildman–Crippen MR) is 84.7 cm³/mol. The lowest BCUT2D eigenvalue weighted by molar-refractivity contribution is -0.122. The molecule has 0 fully saturated rings. The van der Waals surface area contributed by atoms with Crippen molar-refractivity contribution in [3.63, 3.8) is 0 Å². The van der Waals surface area contributed by atoms with Crippen molar-refractivity contribution < 1.29 is 23.2 Å². The summed E-state index contributed by atoms with van der Waals surface area (Å²) in [7, 11) is 0. The number of carbonyl (C=O) groups excluding carboxylic acids is 3. The molecule has 3 amide bonds. The lowest BCUT2D eigenvalue weighted by Crippen LogP contribution is -2.41. The standard InChI is InChI=1S/C18H14F2N2O3/c1-10(11-6-7-14(19)15(20)8-11)21-16(23)9-22-17(24)12-4-2-3-5-13(12)18(22)25/h2-8,10H,9H2,1H3,(H,21,23)/t10-/m0/s1. The van der Waals surface area contributed by atoms with Gasteiger partial charge < -0.3 is 5.32 Å². The highest BCUT2D eigenvalue weighted by molar-refractivity contribution is 6.22. The molecular weight excluding hydrogens is 330 g/mol. The minimum atomic E-state index is -1.01. The van der Waals surface area contributed by atoms with E-state index in [1.165, 1.54) is 18.2 Å². The molecule has 0 bridgehead atoms. The van der Waals surface area contributed by atoms with Gasteiger partial charge in [-0.2, -0.15) is 0 Å². The number of fused-ring (bicyclic) bond motifs is 1. The second-order valence-corrected chi connectivity index (χ2v) is 5.70. The molecule has 128 valence electrons. The summed E-state index contributed by atoms with van der Waals surface area (Å²) in [6, 6.07) is 9.02. The highest BCUT2D eigenvalue weighted by Crippen LogP contribution is 2.22. The molecule has 1 N–H and O–H groups in total. The molecule has 3 rings (SSSR count). The lowest BCUT2D eigenvalue weighted by atomic mass is 10.1. The molecule has 0 aromatic heterocycles. The van der Waals surface area contributed by atoms with E-state index in [0.29, 0.717) is 5.56 Å². The average Bonchev–Trinajstić information content (AvgIpc) is 2.82. The number of amides is 3. The van der Waals surface area contributed by atoms with E-state index in [2.05, 4.69) is 5.32 Å². The third-order valence-electron chi connectivity index (χ3n) is 4.00. The Hall–Kier alpha value is -3.09. The van der Waals surface area contributed by atoms with Gasteiger partial charge in [-0.1, -0.05) is 18.2 Å². The second kappa shape index (κ2) is 6.43. The predicted octanol–water partition coefficient (Wildman–Crippen LogP) is 2.44. The maximum absolute atomic E-state index is 13.3. The van der Waals surface area contributed by atoms with Crippen LogP contribution in [0.2, 0.25) is 0 Å². The smallest absolute Gasteiger partial charge is 0.262 e. The van der Waals surface area contributed by atoms with E-state index in [-0.39, 0.29) is 11.1 Å². The largest absolute Gasteiger partial charge is 0.348 e. The van der Waals surface area contributed by atoms with Gasteiger partial charge in [-0.05, 0) is 36.8 Å². The van der Waals surface area contributed by atoms with Crippen LogP contribution in [0.25, 0.3) is 0 Å². The first-order valence-corrected chi connectivity index (χ1v) is 7.58. The van der Waals surface area contributed by atoms with Crippen molar-refractivity contribution in [2.24, 2.45) is 0 Å². The summed E-state index contributed by atoms with van der Waals surface area (Å²) < 4.78 is 26.2. The first kappa shape index (κ1) is 16.8. The number of imide groups is 1. The highest BCUT2D eigenvalue weighted by atomic mass is 19.2. The van der Waals surface area contributed by atoms with Gasteiger partial charge in [0.15, 0.2) is 11.6 Å². The number of hydrogen-bond donors (Lipinski definition) is 1. The second-order valence-electron chi connectivity index (χ2n) is 5.70. The van der Waals surface area contributed by atoms with Crippen molar-refractivity contribution in [2.75, 3.05) is 6.54 Å². The fraction of sp³-hybridized carbons (Fsp3) is 0.167. The molecule has 1 atom stereocenters. The van der Waals surface area contributed by atoms with Crippen molar-refractivity contribution in [1.82, 2.24) is 10.2 Å². The maximum Gasteiger partial charge on any atom is 0.262 e. The fourth-order valence-corrected chi connectivity index (χ4v) is 2.68. The quantitative estimate of drug-likeness (QED) is 0.867. The van der Waals surface area contributed by atoms with Crippen molar-refractivity contribution in [3.8, 4) is 0 Å². The Balaban J connectivity index is 1.68. The van der Waals surface area contributed by atoms with Crippen molar-refractivity contribution in [3.05, 3.63) is 70.8 Å². The number of rotatable bonds is 4. The Bertz CT molecular complexity index is 847. The molecule has 1 aliphatic rings. The summed E-state index contributed by atoms with van der Waals surface area (Å²) in [5, 5.41) is 2.56. The first-order valence-electron chi connectivity index (χ1n) is 7.58. The van der Waals surface area contributed by atoms with Gasteiger partial charge in [-0.25, -0.2) is 8.78 Å². The van der Waals surface area contributed by atoms with E-state index in [1.807, 2.05) is 0 Å². The van der Waals surface area contributed by atoms with Crippen LogP contribution in [0.1, 0.15) is 39.2 Å². The Morgan fingerprint density at radius 1 is 1.04 bits per heavy atom. The van der Waals surface area contributed by atoms with Crippen molar-refractivity contribution >= 4 is 17.7 Å². The van der Waals surface area contributed by atoms with E-state index in [1.54, 1.807) is 19.1 Å². The van der Waals surface area contributed by atoms with Gasteiger partial charge in [0.1, 0.15) is 6.54 Å². The number of carbonyl (C=O) groups is 3. The highest BCUT2D eigenvalue weighted by Gasteiger charge is 2.36. The van der Waals surface area contributed by atoms with Crippen molar-refractivity contribution in [2.45, 2.75) is 13.0 Å². The summed E-state index contributed by atoms with van der Waals surface area (Å²) in [6.07, 6.45) is 0. The summed E-state index contributed by atoms with van der Waals surface area (Å²) >= 11 is 0. The van der Waals surface area contributed by atoms with E-state index in [0.717, 1.165) is 17.0 Å². The van der Waals surface area contributed by atoms with Crippen LogP contribution in [-0.4, -0.2) is 29.2 Å². The van der Waals surface area contributed by atoms with E-state index >= 15 is 0 Å². The van der Waals surface area contributed by atoms with Crippen LogP contribution in [-0.2, 0) is 4.79 Å². The van der Waals surface area contributed by atoms with E-state index < -0.39 is 41.9 Å². The van der Waals surface area contributed by atoms with Gasteiger partial charge in [-0.15, -0.1) is 0 Å². The molecule has 0 saturated heterocycles. The van der Waals surface area contributed by atoms with Crippen LogP contribution in [0, 0.1) is 11.6 Å². The molecule has 2 aromatic carbocycles. The molecule has 0 unspecified atom stereocenters. The van der Waals surface area contributed by atoms with E-state index in [9.17, 15) is 23.2 Å². The van der Waals surface area contributed by atoms with Crippen LogP contribution >= 0.6 is 0 Å². The van der Waals surface area contributed by atoms with Crippen LogP contribution in [0.3, 0.4) is 0 Å². The molecule has 7 heteroatoms. The monoisotopic (exact) mass is 344 g/mol. The Morgan fingerprint density at radius 2 is 1.64 bits per heavy atom. The normalized spacial score (nSPS) is 14.4. The Kier molecular flexibility index (Phi) is 4.31. The maximum atomic E-state index is 13.3. The van der Waals surface area contributed by atoms with Crippen molar-refractivity contribution in [1.29, 1.82) is 0 Å². The summed E-state index contributed by atoms with van der Waals surface area (Å²) in [6.45, 7) is 1.15. The zero-order chi connectivity index (χ0) is 18.1. The number of benzene rings is 2. The third-order valence-corrected chi connectivity index (χ3v) is 4.00. The van der Waals surface area contributed by atoms with Crippen LogP contribution in [0.4, 0.5) is 8.78 Å². The van der Waals surface area contributed by atoms with Gasteiger partial charge in [-0.3, -0.25) is 19.3 Å². The molecule has 2 aromatic rings. The zero-order valence-corrected chi connectivity index (χ0v) is 13.3. The molecule has 0 spiro atoms. The van der Waals surface area contributed by atoms with Crippen LogP contribution in [0.5, 0.6) is 0 Å². The SMILES string of the molecule is C[C@H](NC(=O)CN1C(=O)c2ccccc2C1=O)c1ccc(F)c(F)c1. The van der Waals surface area contributed by atoms with E-state index in [4.69, 9.17) is 0 Å². The number of halogens is 2. The molecule has 25 heavy (non-hydrogen) atoms. The molecule has 0 aliphatic carbocycles. The molecule has 0 saturated carbocycles. The van der Waals surface area contributed by atoms with Crippen LogP contribution in [0.15, 0.2) is 42.5 Å². The number of nitrogens with one attached hydrogen (secondary N) is 1. The molecule has 1 heterocycles. The number of nitrogens with zero attached hydrogens (tertiary/aromatic N) is 1. The Morgan fingerprint density at radius 3 is 2.20 bits per heavy atom. The third kappa shape index (κ3) is 3.13. The summed E-state index contributed by atoms with van der Waals surface area (Å²) in [5.41, 5.74) is 0.887. The molecule has 5 nitrogen and oxygen atoms in total. The molecule has 0 radical (unpaired) electrons. The summed E-state index contributed by atoms with van der Waals surface area (Å²) in [5.74, 6) is -3.63. The topological polar surface area (TPSA) is 66.5 Å². The minimum Gasteiger partial charge on any atom is -0.348 e. The lowest BCUT2D eigenvalue weighted by Gasteiger charge is -2.18. The number of hydrogen-bond acceptors (Lipinski definition) is 3. The minimum absolute atomic E-state index is 0.258. The van der Waals surface area contributed by atoms with Gasteiger partial charge in [0.2, 0.25) is 5.91 Å². The first-order chi connectivity index (χ1) is 11.9. The summed E-state index contributed by atoms with van der Waals surface area (Å²) in [4.78, 5) is 37.4. The average molecular weight is 344 g/mol. The van der Waals surface area contributed by atoms with Crippen LogP contribution < -0.4 is 5.32 Å². The van der Waals surface area contributed by atoms with Gasteiger partial charge >= 0.3 is 0 Å². The molecular formula is C18H14F2N2O3.